The highest BCUT2D eigenvalue weighted by Crippen LogP contribution is 2.29. The first-order chi connectivity index (χ1) is 8.97. The zero-order chi connectivity index (χ0) is 14.0. The van der Waals surface area contributed by atoms with E-state index in [1.165, 1.54) is 16.7 Å². The molecule has 1 unspecified atom stereocenters. The van der Waals surface area contributed by atoms with Gasteiger partial charge in [0.05, 0.1) is 0 Å². The van der Waals surface area contributed by atoms with Crippen LogP contribution < -0.4 is 10.5 Å². The summed E-state index contributed by atoms with van der Waals surface area (Å²) in [5.41, 5.74) is 10.6. The van der Waals surface area contributed by atoms with E-state index in [4.69, 9.17) is 10.5 Å². The molecule has 0 spiro atoms. The molecule has 0 amide bonds. The molecule has 0 saturated carbocycles. The van der Waals surface area contributed by atoms with Crippen molar-refractivity contribution in [2.24, 2.45) is 5.73 Å². The summed E-state index contributed by atoms with van der Waals surface area (Å²) < 4.78 is 6.01. The minimum absolute atomic E-state index is 0.0175. The highest BCUT2D eigenvalue weighted by molar-refractivity contribution is 5.44. The Labute approximate surface area is 115 Å². The maximum absolute atomic E-state index is 6.01. The summed E-state index contributed by atoms with van der Waals surface area (Å²) >= 11 is 0. The van der Waals surface area contributed by atoms with Crippen LogP contribution in [0.25, 0.3) is 0 Å². The number of nitrogens with two attached hydrogens (primary N) is 1. The quantitative estimate of drug-likeness (QED) is 0.881. The summed E-state index contributed by atoms with van der Waals surface area (Å²) in [7, 11) is 0. The fourth-order valence-corrected chi connectivity index (χ4v) is 2.10. The Morgan fingerprint density at radius 3 is 2.47 bits per heavy atom. The van der Waals surface area contributed by atoms with Crippen molar-refractivity contribution in [2.45, 2.75) is 33.7 Å². The summed E-state index contributed by atoms with van der Waals surface area (Å²) in [5, 5.41) is 0. The molecule has 0 fully saturated rings. The third-order valence-electron chi connectivity index (χ3n) is 3.38. The zero-order valence-electron chi connectivity index (χ0n) is 12.0. The molecule has 0 bridgehead atoms. The molecular formula is C17H21NO. The molecular weight excluding hydrogens is 234 g/mol. The molecule has 0 aliphatic heterocycles. The van der Waals surface area contributed by atoms with Crippen molar-refractivity contribution < 1.29 is 4.74 Å². The minimum Gasteiger partial charge on any atom is -0.457 e. The molecule has 0 radical (unpaired) electrons. The van der Waals surface area contributed by atoms with Crippen LogP contribution in [-0.4, -0.2) is 0 Å². The van der Waals surface area contributed by atoms with Crippen LogP contribution in [0.5, 0.6) is 11.5 Å². The van der Waals surface area contributed by atoms with E-state index in [1.807, 2.05) is 31.2 Å². The summed E-state index contributed by atoms with van der Waals surface area (Å²) in [4.78, 5) is 0. The van der Waals surface area contributed by atoms with E-state index in [0.717, 1.165) is 17.1 Å². The first-order valence-electron chi connectivity index (χ1n) is 6.58. The summed E-state index contributed by atoms with van der Waals surface area (Å²) in [6.45, 7) is 8.24. The van der Waals surface area contributed by atoms with Crippen LogP contribution in [-0.2, 0) is 0 Å². The number of hydrogen-bond donors (Lipinski definition) is 1. The van der Waals surface area contributed by atoms with Gasteiger partial charge >= 0.3 is 0 Å². The monoisotopic (exact) mass is 255 g/mol. The van der Waals surface area contributed by atoms with E-state index < -0.39 is 0 Å². The smallest absolute Gasteiger partial charge is 0.130 e. The van der Waals surface area contributed by atoms with Gasteiger partial charge in [0.15, 0.2) is 0 Å². The van der Waals surface area contributed by atoms with Crippen LogP contribution in [0.15, 0.2) is 36.4 Å². The van der Waals surface area contributed by atoms with Crippen LogP contribution in [0.2, 0.25) is 0 Å². The van der Waals surface area contributed by atoms with Gasteiger partial charge in [0.2, 0.25) is 0 Å². The minimum atomic E-state index is 0.0175. The number of rotatable bonds is 3. The zero-order valence-corrected chi connectivity index (χ0v) is 12.0. The lowest BCUT2D eigenvalue weighted by Crippen LogP contribution is -2.04. The van der Waals surface area contributed by atoms with Crippen molar-refractivity contribution in [1.82, 2.24) is 0 Å². The predicted molar refractivity (Wildman–Crippen MR) is 79.8 cm³/mol. The predicted octanol–water partition coefficient (Wildman–Crippen LogP) is 4.42. The average molecular weight is 255 g/mol. The molecule has 100 valence electrons. The standard InChI is InChI=1S/C17H21NO/c1-11-8-12(2)13(3)17(9-11)19-16-7-5-6-15(10-16)14(4)18/h5-10,14H,18H2,1-4H3. The van der Waals surface area contributed by atoms with E-state index in [0.29, 0.717) is 0 Å². The van der Waals surface area contributed by atoms with Crippen molar-refractivity contribution in [1.29, 1.82) is 0 Å². The molecule has 0 aliphatic rings. The van der Waals surface area contributed by atoms with Crippen LogP contribution in [0, 0.1) is 20.8 Å². The first-order valence-corrected chi connectivity index (χ1v) is 6.58. The number of benzene rings is 2. The molecule has 0 aliphatic carbocycles. The number of ether oxygens (including phenoxy) is 1. The second-order valence-electron chi connectivity index (χ2n) is 5.17. The lowest BCUT2D eigenvalue weighted by Gasteiger charge is -2.13. The first kappa shape index (κ1) is 13.6. The van der Waals surface area contributed by atoms with Gasteiger partial charge in [-0.2, -0.15) is 0 Å². The Morgan fingerprint density at radius 1 is 1.05 bits per heavy atom. The van der Waals surface area contributed by atoms with Crippen molar-refractivity contribution in [3.8, 4) is 11.5 Å². The van der Waals surface area contributed by atoms with Gasteiger partial charge in [0.1, 0.15) is 11.5 Å². The van der Waals surface area contributed by atoms with Gasteiger partial charge in [-0.25, -0.2) is 0 Å². The Bertz CT molecular complexity index is 588. The highest BCUT2D eigenvalue weighted by atomic mass is 16.5. The molecule has 2 rings (SSSR count). The van der Waals surface area contributed by atoms with Crippen LogP contribution in [0.1, 0.15) is 35.2 Å². The molecule has 2 heteroatoms. The highest BCUT2D eigenvalue weighted by Gasteiger charge is 2.07. The average Bonchev–Trinajstić information content (AvgIpc) is 2.35. The molecule has 2 nitrogen and oxygen atoms in total. The van der Waals surface area contributed by atoms with Crippen LogP contribution in [0.3, 0.4) is 0 Å². The van der Waals surface area contributed by atoms with Gasteiger partial charge in [0.25, 0.3) is 0 Å². The topological polar surface area (TPSA) is 35.2 Å². The lowest BCUT2D eigenvalue weighted by molar-refractivity contribution is 0.476. The summed E-state index contributed by atoms with van der Waals surface area (Å²) in [5.74, 6) is 1.75. The Morgan fingerprint density at radius 2 is 1.79 bits per heavy atom. The molecule has 19 heavy (non-hydrogen) atoms. The van der Waals surface area contributed by atoms with E-state index in [-0.39, 0.29) is 6.04 Å². The van der Waals surface area contributed by atoms with Gasteiger partial charge in [-0.05, 0) is 68.1 Å². The molecule has 1 atom stereocenters. The van der Waals surface area contributed by atoms with Gasteiger partial charge < -0.3 is 10.5 Å². The molecule has 0 aromatic heterocycles. The second-order valence-corrected chi connectivity index (χ2v) is 5.17. The molecule has 2 aromatic rings. The van der Waals surface area contributed by atoms with Gasteiger partial charge in [-0.1, -0.05) is 18.2 Å². The van der Waals surface area contributed by atoms with Crippen molar-refractivity contribution in [2.75, 3.05) is 0 Å². The fraction of sp³-hybridized carbons (Fsp3) is 0.294. The molecule has 0 saturated heterocycles. The van der Waals surface area contributed by atoms with E-state index in [9.17, 15) is 0 Å². The molecule has 2 aromatic carbocycles. The number of aryl methyl sites for hydroxylation is 2. The van der Waals surface area contributed by atoms with E-state index in [2.05, 4.69) is 32.9 Å². The van der Waals surface area contributed by atoms with E-state index in [1.54, 1.807) is 0 Å². The van der Waals surface area contributed by atoms with Crippen LogP contribution in [0.4, 0.5) is 0 Å². The molecule has 2 N–H and O–H groups in total. The fourth-order valence-electron chi connectivity index (χ4n) is 2.10. The Balaban J connectivity index is 2.33. The third-order valence-corrected chi connectivity index (χ3v) is 3.38. The second kappa shape index (κ2) is 5.45. The largest absolute Gasteiger partial charge is 0.457 e. The maximum Gasteiger partial charge on any atom is 0.130 e. The van der Waals surface area contributed by atoms with E-state index >= 15 is 0 Å². The van der Waals surface area contributed by atoms with Crippen molar-refractivity contribution in [3.63, 3.8) is 0 Å². The SMILES string of the molecule is Cc1cc(C)c(C)c(Oc2cccc(C(C)N)c2)c1. The molecule has 0 heterocycles. The normalized spacial score (nSPS) is 12.3. The summed E-state index contributed by atoms with van der Waals surface area (Å²) in [6, 6.07) is 12.2. The van der Waals surface area contributed by atoms with Crippen LogP contribution >= 0.6 is 0 Å². The van der Waals surface area contributed by atoms with Gasteiger partial charge in [0, 0.05) is 6.04 Å². The Kier molecular flexibility index (Phi) is 3.91. The van der Waals surface area contributed by atoms with Crippen molar-refractivity contribution >= 4 is 0 Å². The summed E-state index contributed by atoms with van der Waals surface area (Å²) in [6.07, 6.45) is 0. The Hall–Kier alpha value is -1.80. The van der Waals surface area contributed by atoms with Gasteiger partial charge in [-0.15, -0.1) is 0 Å². The number of hydrogen-bond acceptors (Lipinski definition) is 2. The third kappa shape index (κ3) is 3.15. The lowest BCUT2D eigenvalue weighted by atomic mass is 10.1. The van der Waals surface area contributed by atoms with Gasteiger partial charge in [-0.3, -0.25) is 0 Å². The maximum atomic E-state index is 6.01. The van der Waals surface area contributed by atoms with Crippen molar-refractivity contribution in [3.05, 3.63) is 58.7 Å².